The number of halogens is 2. The van der Waals surface area contributed by atoms with Crippen LogP contribution in [0.3, 0.4) is 0 Å². The van der Waals surface area contributed by atoms with Crippen molar-refractivity contribution in [3.8, 4) is 0 Å². The summed E-state index contributed by atoms with van der Waals surface area (Å²) in [6, 6.07) is 5.31. The minimum atomic E-state index is -0.363. The summed E-state index contributed by atoms with van der Waals surface area (Å²) in [5, 5.41) is 3.71. The van der Waals surface area contributed by atoms with Crippen molar-refractivity contribution in [2.75, 3.05) is 20.6 Å². The second kappa shape index (κ2) is 7.83. The molecule has 0 aliphatic carbocycles. The van der Waals surface area contributed by atoms with Gasteiger partial charge in [0.05, 0.1) is 5.02 Å². The van der Waals surface area contributed by atoms with Gasteiger partial charge in [-0.3, -0.25) is 0 Å². The lowest BCUT2D eigenvalue weighted by atomic mass is 10.0. The van der Waals surface area contributed by atoms with E-state index in [1.54, 1.807) is 12.1 Å². The number of hydrogen-bond donors (Lipinski definition) is 1. The number of rotatable bonds is 7. The zero-order chi connectivity index (χ0) is 14.4. The van der Waals surface area contributed by atoms with Crippen LogP contribution in [0, 0.1) is 11.7 Å². The lowest BCUT2D eigenvalue weighted by molar-refractivity contribution is 0.305. The van der Waals surface area contributed by atoms with Crippen LogP contribution in [0.4, 0.5) is 4.39 Å². The molecular formula is C15H24ClFN2. The summed E-state index contributed by atoms with van der Waals surface area (Å²) < 4.78 is 13.1. The van der Waals surface area contributed by atoms with Crippen LogP contribution < -0.4 is 5.32 Å². The van der Waals surface area contributed by atoms with Crippen molar-refractivity contribution < 1.29 is 4.39 Å². The van der Waals surface area contributed by atoms with Crippen molar-refractivity contribution >= 4 is 11.6 Å². The molecule has 0 spiro atoms. The molecule has 0 amide bonds. The van der Waals surface area contributed by atoms with Gasteiger partial charge >= 0.3 is 0 Å². The van der Waals surface area contributed by atoms with Gasteiger partial charge in [-0.2, -0.15) is 0 Å². The van der Waals surface area contributed by atoms with E-state index in [4.69, 9.17) is 11.6 Å². The highest BCUT2D eigenvalue weighted by Gasteiger charge is 2.11. The third-order valence-electron chi connectivity index (χ3n) is 2.92. The van der Waals surface area contributed by atoms with Crippen molar-refractivity contribution in [2.24, 2.45) is 5.92 Å². The van der Waals surface area contributed by atoms with Crippen molar-refractivity contribution in [3.05, 3.63) is 34.6 Å². The molecule has 1 rings (SSSR count). The normalized spacial score (nSPS) is 13.3. The van der Waals surface area contributed by atoms with Crippen LogP contribution in [-0.2, 0) is 6.54 Å². The van der Waals surface area contributed by atoms with Crippen molar-refractivity contribution in [2.45, 2.75) is 32.9 Å². The Labute approximate surface area is 120 Å². The Morgan fingerprint density at radius 3 is 2.53 bits per heavy atom. The fraction of sp³-hybridized carbons (Fsp3) is 0.600. The van der Waals surface area contributed by atoms with Crippen LogP contribution in [0.25, 0.3) is 0 Å². The monoisotopic (exact) mass is 286 g/mol. The standard InChI is InChI=1S/C15H24ClFN2/c1-11(2)7-13(10-19(3)4)18-9-12-5-6-15(17)14(16)8-12/h5-6,8,11,13,18H,7,9-10H2,1-4H3. The second-order valence-corrected chi connectivity index (χ2v) is 6.13. The van der Waals surface area contributed by atoms with E-state index in [0.29, 0.717) is 18.5 Å². The Balaban J connectivity index is 2.56. The molecular weight excluding hydrogens is 263 g/mol. The molecule has 0 aliphatic heterocycles. The van der Waals surface area contributed by atoms with E-state index in [1.165, 1.54) is 6.07 Å². The number of nitrogens with one attached hydrogen (secondary N) is 1. The fourth-order valence-corrected chi connectivity index (χ4v) is 2.35. The van der Waals surface area contributed by atoms with Gasteiger partial charge < -0.3 is 10.2 Å². The van der Waals surface area contributed by atoms with E-state index >= 15 is 0 Å². The molecule has 4 heteroatoms. The Morgan fingerprint density at radius 2 is 2.00 bits per heavy atom. The number of likely N-dealkylation sites (N-methyl/N-ethyl adjacent to an activating group) is 1. The largest absolute Gasteiger partial charge is 0.309 e. The van der Waals surface area contributed by atoms with Crippen LogP contribution in [0.5, 0.6) is 0 Å². The maximum atomic E-state index is 13.1. The lowest BCUT2D eigenvalue weighted by Crippen LogP contribution is -2.38. The molecule has 0 aromatic heterocycles. The van der Waals surface area contributed by atoms with E-state index in [-0.39, 0.29) is 10.8 Å². The minimum Gasteiger partial charge on any atom is -0.309 e. The topological polar surface area (TPSA) is 15.3 Å². The zero-order valence-corrected chi connectivity index (χ0v) is 13.0. The molecule has 0 saturated carbocycles. The smallest absolute Gasteiger partial charge is 0.141 e. The third kappa shape index (κ3) is 6.37. The Kier molecular flexibility index (Phi) is 6.76. The summed E-state index contributed by atoms with van der Waals surface area (Å²) in [5.41, 5.74) is 1.01. The molecule has 1 atom stereocenters. The summed E-state index contributed by atoms with van der Waals surface area (Å²) in [6.07, 6.45) is 1.12. The summed E-state index contributed by atoms with van der Waals surface area (Å²) >= 11 is 5.79. The second-order valence-electron chi connectivity index (χ2n) is 5.72. The van der Waals surface area contributed by atoms with Gasteiger partial charge in [0.25, 0.3) is 0 Å². The number of hydrogen-bond acceptors (Lipinski definition) is 2. The summed E-state index contributed by atoms with van der Waals surface area (Å²) in [4.78, 5) is 2.18. The first-order valence-corrected chi connectivity index (χ1v) is 7.08. The molecule has 0 heterocycles. The highest BCUT2D eigenvalue weighted by molar-refractivity contribution is 6.30. The first-order valence-electron chi connectivity index (χ1n) is 6.70. The van der Waals surface area contributed by atoms with Crippen molar-refractivity contribution in [1.82, 2.24) is 10.2 Å². The Hall–Kier alpha value is -0.640. The third-order valence-corrected chi connectivity index (χ3v) is 3.21. The molecule has 0 fully saturated rings. The molecule has 0 saturated heterocycles. The molecule has 1 unspecified atom stereocenters. The SMILES string of the molecule is CC(C)CC(CN(C)C)NCc1ccc(F)c(Cl)c1. The first kappa shape index (κ1) is 16.4. The van der Waals surface area contributed by atoms with Crippen molar-refractivity contribution in [3.63, 3.8) is 0 Å². The fourth-order valence-electron chi connectivity index (χ4n) is 2.14. The van der Waals surface area contributed by atoms with E-state index in [2.05, 4.69) is 38.2 Å². The number of benzene rings is 1. The maximum absolute atomic E-state index is 13.1. The summed E-state index contributed by atoms with van der Waals surface area (Å²) in [6.45, 7) is 6.15. The van der Waals surface area contributed by atoms with Crippen LogP contribution in [0.1, 0.15) is 25.8 Å². The molecule has 1 aromatic rings. The highest BCUT2D eigenvalue weighted by Crippen LogP contribution is 2.16. The van der Waals surface area contributed by atoms with Gasteiger partial charge in [-0.1, -0.05) is 31.5 Å². The Bertz CT molecular complexity index is 384. The van der Waals surface area contributed by atoms with Gasteiger partial charge in [-0.15, -0.1) is 0 Å². The van der Waals surface area contributed by atoms with Gasteiger partial charge in [-0.25, -0.2) is 4.39 Å². The van der Waals surface area contributed by atoms with Gasteiger partial charge in [-0.05, 0) is 44.1 Å². The van der Waals surface area contributed by atoms with E-state index < -0.39 is 0 Å². The maximum Gasteiger partial charge on any atom is 0.141 e. The predicted octanol–water partition coefficient (Wildman–Crippen LogP) is 3.55. The molecule has 1 N–H and O–H groups in total. The molecule has 1 aromatic carbocycles. The average molecular weight is 287 g/mol. The van der Waals surface area contributed by atoms with Crippen LogP contribution >= 0.6 is 11.6 Å². The van der Waals surface area contributed by atoms with Gasteiger partial charge in [0.2, 0.25) is 0 Å². The van der Waals surface area contributed by atoms with Crippen LogP contribution in [-0.4, -0.2) is 31.6 Å². The highest BCUT2D eigenvalue weighted by atomic mass is 35.5. The van der Waals surface area contributed by atoms with Crippen molar-refractivity contribution in [1.29, 1.82) is 0 Å². The molecule has 0 aliphatic rings. The lowest BCUT2D eigenvalue weighted by Gasteiger charge is -2.24. The minimum absolute atomic E-state index is 0.187. The molecule has 19 heavy (non-hydrogen) atoms. The summed E-state index contributed by atoms with van der Waals surface area (Å²) in [7, 11) is 4.15. The van der Waals surface area contributed by atoms with Gasteiger partial charge in [0, 0.05) is 19.1 Å². The van der Waals surface area contributed by atoms with Crippen LogP contribution in [0.15, 0.2) is 18.2 Å². The summed E-state index contributed by atoms with van der Waals surface area (Å²) in [5.74, 6) is 0.284. The van der Waals surface area contributed by atoms with Gasteiger partial charge in [0.15, 0.2) is 0 Å². The molecule has 0 radical (unpaired) electrons. The van der Waals surface area contributed by atoms with Gasteiger partial charge in [0.1, 0.15) is 5.82 Å². The van der Waals surface area contributed by atoms with E-state index in [1.807, 2.05) is 0 Å². The Morgan fingerprint density at radius 1 is 1.32 bits per heavy atom. The quantitative estimate of drug-likeness (QED) is 0.825. The first-order chi connectivity index (χ1) is 8.88. The van der Waals surface area contributed by atoms with Crippen LogP contribution in [0.2, 0.25) is 5.02 Å². The molecule has 2 nitrogen and oxygen atoms in total. The molecule has 108 valence electrons. The average Bonchev–Trinajstić information content (AvgIpc) is 2.29. The zero-order valence-electron chi connectivity index (χ0n) is 12.2. The molecule has 0 bridgehead atoms. The van der Waals surface area contributed by atoms with E-state index in [9.17, 15) is 4.39 Å². The van der Waals surface area contributed by atoms with E-state index in [0.717, 1.165) is 18.5 Å². The number of nitrogens with zero attached hydrogens (tertiary/aromatic N) is 1. The predicted molar refractivity (Wildman–Crippen MR) is 80.0 cm³/mol.